The zero-order valence-electron chi connectivity index (χ0n) is 13.4. The van der Waals surface area contributed by atoms with Crippen LogP contribution in [0.25, 0.3) is 0 Å². The average Bonchev–Trinajstić information content (AvgIpc) is 2.47. The summed E-state index contributed by atoms with van der Waals surface area (Å²) in [6.45, 7) is 4.73. The number of nitrogens with one attached hydrogen (secondary N) is 2. The first-order valence-corrected chi connectivity index (χ1v) is 8.06. The van der Waals surface area contributed by atoms with Gasteiger partial charge in [0, 0.05) is 10.9 Å². The molecule has 9 heteroatoms. The van der Waals surface area contributed by atoms with E-state index in [4.69, 9.17) is 4.74 Å². The summed E-state index contributed by atoms with van der Waals surface area (Å²) in [5.41, 5.74) is 0. The van der Waals surface area contributed by atoms with Gasteiger partial charge < -0.3 is 10.1 Å². The van der Waals surface area contributed by atoms with Crippen LogP contribution in [0.5, 0.6) is 0 Å². The lowest BCUT2D eigenvalue weighted by Crippen LogP contribution is -2.46. The predicted octanol–water partition coefficient (Wildman–Crippen LogP) is 2.22. The number of thioether (sulfide) groups is 1. The van der Waals surface area contributed by atoms with E-state index in [-0.39, 0.29) is 16.7 Å². The van der Waals surface area contributed by atoms with Crippen LogP contribution in [0.3, 0.4) is 0 Å². The number of halogens is 2. The van der Waals surface area contributed by atoms with E-state index >= 15 is 0 Å². The number of carbonyl (C=O) groups is 3. The summed E-state index contributed by atoms with van der Waals surface area (Å²) in [6, 6.07) is 2.01. The van der Waals surface area contributed by atoms with Crippen LogP contribution in [0.2, 0.25) is 0 Å². The van der Waals surface area contributed by atoms with E-state index in [9.17, 15) is 23.2 Å². The van der Waals surface area contributed by atoms with Crippen LogP contribution in [0.4, 0.5) is 13.6 Å². The number of esters is 1. The van der Waals surface area contributed by atoms with Gasteiger partial charge in [0.25, 0.3) is 5.91 Å². The highest BCUT2D eigenvalue weighted by Gasteiger charge is 2.20. The number of imide groups is 1. The first kappa shape index (κ1) is 19.9. The number of urea groups is 1. The third-order valence-electron chi connectivity index (χ3n) is 2.57. The van der Waals surface area contributed by atoms with E-state index in [1.54, 1.807) is 13.8 Å². The third-order valence-corrected chi connectivity index (χ3v) is 3.58. The largest absolute Gasteiger partial charge is 0.452 e. The SMILES string of the molecule is CC(C)NC(=O)NC(=O)[C@H](C)OC(=O)CSc1cc(F)ccc1F. The number of benzene rings is 1. The normalized spacial score (nSPS) is 11.8. The molecule has 0 saturated carbocycles. The second-order valence-corrected chi connectivity index (χ2v) is 6.13. The second kappa shape index (κ2) is 9.21. The van der Waals surface area contributed by atoms with Crippen molar-refractivity contribution in [1.29, 1.82) is 0 Å². The molecule has 0 spiro atoms. The summed E-state index contributed by atoms with van der Waals surface area (Å²) in [6.07, 6.45) is -1.20. The lowest BCUT2D eigenvalue weighted by Gasteiger charge is -2.14. The number of hydrogen-bond donors (Lipinski definition) is 2. The maximum atomic E-state index is 13.4. The van der Waals surface area contributed by atoms with Gasteiger partial charge in [-0.25, -0.2) is 13.6 Å². The molecule has 6 nitrogen and oxygen atoms in total. The molecule has 2 N–H and O–H groups in total. The number of rotatable bonds is 6. The van der Waals surface area contributed by atoms with Crippen LogP contribution >= 0.6 is 11.8 Å². The van der Waals surface area contributed by atoms with Crippen molar-refractivity contribution in [1.82, 2.24) is 10.6 Å². The van der Waals surface area contributed by atoms with Gasteiger partial charge in [-0.15, -0.1) is 11.8 Å². The lowest BCUT2D eigenvalue weighted by molar-refractivity contribution is -0.151. The Morgan fingerprint density at radius 2 is 1.88 bits per heavy atom. The van der Waals surface area contributed by atoms with Crippen molar-refractivity contribution in [2.45, 2.75) is 37.8 Å². The zero-order chi connectivity index (χ0) is 18.3. The minimum Gasteiger partial charge on any atom is -0.452 e. The molecule has 24 heavy (non-hydrogen) atoms. The van der Waals surface area contributed by atoms with Crippen molar-refractivity contribution >= 4 is 29.7 Å². The standard InChI is InChI=1S/C15H18F2N2O4S/c1-8(2)18-15(22)19-14(21)9(3)23-13(20)7-24-12-6-10(16)4-5-11(12)17/h4-6,8-9H,7H2,1-3H3,(H2,18,19,21,22)/t9-/m0/s1. The van der Waals surface area contributed by atoms with Crippen molar-refractivity contribution in [3.05, 3.63) is 29.8 Å². The number of ether oxygens (including phenoxy) is 1. The molecule has 0 fully saturated rings. The van der Waals surface area contributed by atoms with E-state index < -0.39 is 35.6 Å². The highest BCUT2D eigenvalue weighted by atomic mass is 32.2. The summed E-state index contributed by atoms with van der Waals surface area (Å²) in [4.78, 5) is 34.7. The van der Waals surface area contributed by atoms with Gasteiger partial charge in [0.05, 0.1) is 5.75 Å². The van der Waals surface area contributed by atoms with Gasteiger partial charge in [0.15, 0.2) is 6.10 Å². The Kier molecular flexibility index (Phi) is 7.63. The first-order chi connectivity index (χ1) is 11.2. The molecule has 0 heterocycles. The lowest BCUT2D eigenvalue weighted by atomic mass is 10.3. The van der Waals surface area contributed by atoms with Crippen molar-refractivity contribution < 1.29 is 27.9 Å². The number of hydrogen-bond acceptors (Lipinski definition) is 5. The van der Waals surface area contributed by atoms with Crippen LogP contribution in [0.15, 0.2) is 23.1 Å². The van der Waals surface area contributed by atoms with E-state index in [0.29, 0.717) is 0 Å². The maximum absolute atomic E-state index is 13.4. The monoisotopic (exact) mass is 360 g/mol. The van der Waals surface area contributed by atoms with Crippen molar-refractivity contribution in [2.24, 2.45) is 0 Å². The van der Waals surface area contributed by atoms with E-state index in [1.165, 1.54) is 6.92 Å². The summed E-state index contributed by atoms with van der Waals surface area (Å²) in [7, 11) is 0. The van der Waals surface area contributed by atoms with Crippen molar-refractivity contribution in [3.8, 4) is 0 Å². The Hall–Kier alpha value is -2.16. The average molecular weight is 360 g/mol. The zero-order valence-corrected chi connectivity index (χ0v) is 14.2. The molecular formula is C15H18F2N2O4S. The smallest absolute Gasteiger partial charge is 0.321 e. The molecule has 0 unspecified atom stereocenters. The minimum atomic E-state index is -1.20. The van der Waals surface area contributed by atoms with E-state index in [0.717, 1.165) is 30.0 Å². The van der Waals surface area contributed by atoms with E-state index in [1.807, 2.05) is 5.32 Å². The molecule has 132 valence electrons. The molecule has 0 aromatic heterocycles. The Bertz CT molecular complexity index is 625. The first-order valence-electron chi connectivity index (χ1n) is 7.07. The Balaban J connectivity index is 2.45. The Labute approximate surface area is 142 Å². The quantitative estimate of drug-likeness (QED) is 0.600. The molecule has 0 aliphatic heterocycles. The van der Waals surface area contributed by atoms with Gasteiger partial charge in [0.1, 0.15) is 11.6 Å². The summed E-state index contributed by atoms with van der Waals surface area (Å²) >= 11 is 0.745. The van der Waals surface area contributed by atoms with Gasteiger partial charge in [0.2, 0.25) is 0 Å². The van der Waals surface area contributed by atoms with Crippen LogP contribution in [-0.2, 0) is 14.3 Å². The van der Waals surface area contributed by atoms with Crippen molar-refractivity contribution in [3.63, 3.8) is 0 Å². The van der Waals surface area contributed by atoms with E-state index in [2.05, 4.69) is 5.32 Å². The van der Waals surface area contributed by atoms with Crippen molar-refractivity contribution in [2.75, 3.05) is 5.75 Å². The molecule has 0 bridgehead atoms. The van der Waals surface area contributed by atoms with Gasteiger partial charge in [-0.2, -0.15) is 0 Å². The highest BCUT2D eigenvalue weighted by Crippen LogP contribution is 2.22. The Morgan fingerprint density at radius 1 is 1.21 bits per heavy atom. The Morgan fingerprint density at radius 3 is 2.50 bits per heavy atom. The molecule has 1 aromatic rings. The van der Waals surface area contributed by atoms with Crippen LogP contribution < -0.4 is 10.6 Å². The van der Waals surface area contributed by atoms with Gasteiger partial charge in [-0.05, 0) is 39.0 Å². The van der Waals surface area contributed by atoms with Crippen LogP contribution in [0.1, 0.15) is 20.8 Å². The third kappa shape index (κ3) is 6.95. The molecule has 1 atom stereocenters. The number of amides is 3. The highest BCUT2D eigenvalue weighted by molar-refractivity contribution is 8.00. The summed E-state index contributed by atoms with van der Waals surface area (Å²) < 4.78 is 31.3. The molecule has 0 radical (unpaired) electrons. The molecular weight excluding hydrogens is 342 g/mol. The fourth-order valence-corrected chi connectivity index (χ4v) is 2.26. The van der Waals surface area contributed by atoms with Gasteiger partial charge in [-0.3, -0.25) is 14.9 Å². The molecule has 1 rings (SSSR count). The van der Waals surface area contributed by atoms with Crippen LogP contribution in [0, 0.1) is 11.6 Å². The predicted molar refractivity (Wildman–Crippen MR) is 84.4 cm³/mol. The van der Waals surface area contributed by atoms with Gasteiger partial charge >= 0.3 is 12.0 Å². The minimum absolute atomic E-state index is 0.0413. The molecule has 0 saturated heterocycles. The summed E-state index contributed by atoms with van der Waals surface area (Å²) in [5, 5.41) is 4.47. The second-order valence-electron chi connectivity index (χ2n) is 5.11. The molecule has 3 amide bonds. The summed E-state index contributed by atoms with van der Waals surface area (Å²) in [5.74, 6) is -3.18. The maximum Gasteiger partial charge on any atom is 0.321 e. The van der Waals surface area contributed by atoms with Gasteiger partial charge in [-0.1, -0.05) is 0 Å². The molecule has 0 aliphatic rings. The fraction of sp³-hybridized carbons (Fsp3) is 0.400. The molecule has 1 aromatic carbocycles. The number of carbonyl (C=O) groups excluding carboxylic acids is 3. The topological polar surface area (TPSA) is 84.5 Å². The fourth-order valence-electron chi connectivity index (χ4n) is 1.52. The van der Waals surface area contributed by atoms with Crippen LogP contribution in [-0.4, -0.2) is 35.8 Å². The molecule has 0 aliphatic carbocycles.